The van der Waals surface area contributed by atoms with E-state index in [2.05, 4.69) is 0 Å². The lowest BCUT2D eigenvalue weighted by Gasteiger charge is -2.23. The fraction of sp³-hybridized carbons (Fsp3) is 0.500. The number of rotatable bonds is 4. The van der Waals surface area contributed by atoms with Crippen LogP contribution in [0.5, 0.6) is 5.75 Å². The van der Waals surface area contributed by atoms with Crippen LogP contribution in [-0.2, 0) is 11.3 Å². The van der Waals surface area contributed by atoms with Gasteiger partial charge in [0.2, 0.25) is 0 Å². The highest BCUT2D eigenvalue weighted by Crippen LogP contribution is 2.37. The van der Waals surface area contributed by atoms with Crippen molar-refractivity contribution in [1.29, 1.82) is 0 Å². The Bertz CT molecular complexity index is 535. The standard InChI is InChI=1S/C14H17Cl2NO3/c1-2-14(13(19)20)3-4-17(8-14)7-9-5-10(15)6-11(16)12(9)18/h5-6,18H,2-4,7-8H2,1H3,(H,19,20). The number of carbonyl (C=O) groups is 1. The summed E-state index contributed by atoms with van der Waals surface area (Å²) >= 11 is 11.8. The lowest BCUT2D eigenvalue weighted by atomic mass is 9.84. The molecule has 110 valence electrons. The molecule has 1 aliphatic rings. The first-order valence-corrected chi connectivity index (χ1v) is 7.26. The summed E-state index contributed by atoms with van der Waals surface area (Å²) in [7, 11) is 0. The molecule has 1 unspecified atom stereocenters. The zero-order valence-electron chi connectivity index (χ0n) is 11.2. The molecule has 0 saturated carbocycles. The monoisotopic (exact) mass is 317 g/mol. The van der Waals surface area contributed by atoms with Crippen LogP contribution in [0.2, 0.25) is 10.0 Å². The molecule has 1 aromatic carbocycles. The summed E-state index contributed by atoms with van der Waals surface area (Å²) in [6.07, 6.45) is 1.22. The Morgan fingerprint density at radius 2 is 2.15 bits per heavy atom. The largest absolute Gasteiger partial charge is 0.506 e. The second kappa shape index (κ2) is 5.80. The molecule has 2 rings (SSSR count). The number of phenolic OH excluding ortho intramolecular Hbond substituents is 1. The summed E-state index contributed by atoms with van der Waals surface area (Å²) in [5.41, 5.74) is -0.0577. The first-order chi connectivity index (χ1) is 9.38. The number of phenols is 1. The molecule has 6 heteroatoms. The van der Waals surface area contributed by atoms with Gasteiger partial charge >= 0.3 is 5.97 Å². The average molecular weight is 318 g/mol. The number of nitrogens with zero attached hydrogens (tertiary/aromatic N) is 1. The van der Waals surface area contributed by atoms with Crippen LogP contribution in [0.4, 0.5) is 0 Å². The summed E-state index contributed by atoms with van der Waals surface area (Å²) < 4.78 is 0. The minimum absolute atomic E-state index is 0.0143. The van der Waals surface area contributed by atoms with E-state index >= 15 is 0 Å². The highest BCUT2D eigenvalue weighted by Gasteiger charge is 2.43. The van der Waals surface area contributed by atoms with Gasteiger partial charge in [0.15, 0.2) is 0 Å². The Hall–Kier alpha value is -0.970. The number of aromatic hydroxyl groups is 1. The highest BCUT2D eigenvalue weighted by molar-refractivity contribution is 6.35. The number of hydrogen-bond acceptors (Lipinski definition) is 3. The summed E-state index contributed by atoms with van der Waals surface area (Å²) in [4.78, 5) is 13.4. The van der Waals surface area contributed by atoms with Gasteiger partial charge in [0, 0.05) is 23.7 Å². The maximum absolute atomic E-state index is 11.4. The Balaban J connectivity index is 2.15. The van der Waals surface area contributed by atoms with Crippen molar-refractivity contribution < 1.29 is 15.0 Å². The molecule has 0 spiro atoms. The van der Waals surface area contributed by atoms with Gasteiger partial charge in [-0.25, -0.2) is 0 Å². The predicted molar refractivity (Wildman–Crippen MR) is 78.4 cm³/mol. The maximum atomic E-state index is 11.4. The van der Waals surface area contributed by atoms with E-state index in [4.69, 9.17) is 23.2 Å². The van der Waals surface area contributed by atoms with Crippen LogP contribution >= 0.6 is 23.2 Å². The second-order valence-electron chi connectivity index (χ2n) is 5.30. The summed E-state index contributed by atoms with van der Waals surface area (Å²) in [6, 6.07) is 3.15. The molecule has 0 radical (unpaired) electrons. The number of benzene rings is 1. The Morgan fingerprint density at radius 3 is 2.70 bits per heavy atom. The van der Waals surface area contributed by atoms with Crippen molar-refractivity contribution in [2.24, 2.45) is 5.41 Å². The maximum Gasteiger partial charge on any atom is 0.310 e. The minimum atomic E-state index is -0.754. The molecule has 1 aromatic rings. The molecule has 0 amide bonds. The van der Waals surface area contributed by atoms with E-state index in [-0.39, 0.29) is 10.8 Å². The summed E-state index contributed by atoms with van der Waals surface area (Å²) in [5.74, 6) is -0.740. The quantitative estimate of drug-likeness (QED) is 0.893. The molecule has 2 N–H and O–H groups in total. The van der Waals surface area contributed by atoms with Crippen LogP contribution in [0.1, 0.15) is 25.3 Å². The summed E-state index contributed by atoms with van der Waals surface area (Å²) in [6.45, 7) is 3.50. The highest BCUT2D eigenvalue weighted by atomic mass is 35.5. The Labute approximate surface area is 127 Å². The van der Waals surface area contributed by atoms with Gasteiger partial charge in [-0.05, 0) is 31.5 Å². The summed E-state index contributed by atoms with van der Waals surface area (Å²) in [5, 5.41) is 20.0. The van der Waals surface area contributed by atoms with E-state index in [1.807, 2.05) is 11.8 Å². The van der Waals surface area contributed by atoms with Crippen molar-refractivity contribution in [2.75, 3.05) is 13.1 Å². The van der Waals surface area contributed by atoms with Crippen molar-refractivity contribution >= 4 is 29.2 Å². The van der Waals surface area contributed by atoms with Crippen molar-refractivity contribution in [2.45, 2.75) is 26.3 Å². The van der Waals surface area contributed by atoms with Crippen LogP contribution in [0, 0.1) is 5.41 Å². The Morgan fingerprint density at radius 1 is 1.45 bits per heavy atom. The molecule has 1 fully saturated rings. The number of likely N-dealkylation sites (tertiary alicyclic amines) is 1. The first kappa shape index (κ1) is 15.4. The van der Waals surface area contributed by atoms with Crippen LogP contribution in [0.3, 0.4) is 0 Å². The average Bonchev–Trinajstić information content (AvgIpc) is 2.80. The molecule has 1 saturated heterocycles. The van der Waals surface area contributed by atoms with Crippen molar-refractivity contribution in [3.05, 3.63) is 27.7 Å². The predicted octanol–water partition coefficient (Wildman–Crippen LogP) is 3.39. The number of halogens is 2. The van der Waals surface area contributed by atoms with Gasteiger partial charge in [-0.15, -0.1) is 0 Å². The van der Waals surface area contributed by atoms with Gasteiger partial charge in [-0.2, -0.15) is 0 Å². The molecule has 1 aliphatic heterocycles. The van der Waals surface area contributed by atoms with E-state index in [9.17, 15) is 15.0 Å². The molecule has 0 bridgehead atoms. The molecular weight excluding hydrogens is 301 g/mol. The van der Waals surface area contributed by atoms with Gasteiger partial charge in [0.25, 0.3) is 0 Å². The van der Waals surface area contributed by atoms with Crippen molar-refractivity contribution in [1.82, 2.24) is 4.90 Å². The number of carboxylic acid groups (broad SMARTS) is 1. The normalized spacial score (nSPS) is 23.1. The third-order valence-electron chi connectivity index (χ3n) is 4.06. The van der Waals surface area contributed by atoms with Gasteiger partial charge in [-0.1, -0.05) is 30.1 Å². The topological polar surface area (TPSA) is 60.8 Å². The zero-order chi connectivity index (χ0) is 14.9. The minimum Gasteiger partial charge on any atom is -0.506 e. The van der Waals surface area contributed by atoms with Crippen molar-refractivity contribution in [3.8, 4) is 5.75 Å². The lowest BCUT2D eigenvalue weighted by molar-refractivity contribution is -0.148. The fourth-order valence-corrected chi connectivity index (χ4v) is 3.22. The van der Waals surface area contributed by atoms with Crippen molar-refractivity contribution in [3.63, 3.8) is 0 Å². The second-order valence-corrected chi connectivity index (χ2v) is 6.14. The molecular formula is C14H17Cl2NO3. The SMILES string of the molecule is CCC1(C(=O)O)CCN(Cc2cc(Cl)cc(Cl)c2O)C1. The van der Waals surface area contributed by atoms with E-state index in [0.717, 1.165) is 0 Å². The third-order valence-corrected chi connectivity index (χ3v) is 4.57. The van der Waals surface area contributed by atoms with E-state index in [1.165, 1.54) is 6.07 Å². The van der Waals surface area contributed by atoms with E-state index in [0.29, 0.717) is 43.1 Å². The number of carboxylic acids is 1. The smallest absolute Gasteiger partial charge is 0.310 e. The van der Waals surface area contributed by atoms with Crippen LogP contribution in [0.15, 0.2) is 12.1 Å². The van der Waals surface area contributed by atoms with Gasteiger partial charge in [0.1, 0.15) is 5.75 Å². The van der Waals surface area contributed by atoms with Gasteiger partial charge in [0.05, 0.1) is 10.4 Å². The fourth-order valence-electron chi connectivity index (χ4n) is 2.69. The van der Waals surface area contributed by atoms with Crippen LogP contribution in [-0.4, -0.2) is 34.2 Å². The number of hydrogen-bond donors (Lipinski definition) is 2. The van der Waals surface area contributed by atoms with Gasteiger partial charge in [-0.3, -0.25) is 9.69 Å². The zero-order valence-corrected chi connectivity index (χ0v) is 12.7. The van der Waals surface area contributed by atoms with E-state index in [1.54, 1.807) is 6.07 Å². The van der Waals surface area contributed by atoms with E-state index < -0.39 is 11.4 Å². The molecule has 1 heterocycles. The molecule has 0 aliphatic carbocycles. The Kier molecular flexibility index (Phi) is 4.47. The van der Waals surface area contributed by atoms with Crippen LogP contribution in [0.25, 0.3) is 0 Å². The van der Waals surface area contributed by atoms with Gasteiger partial charge < -0.3 is 10.2 Å². The number of aliphatic carboxylic acids is 1. The first-order valence-electron chi connectivity index (χ1n) is 6.50. The third kappa shape index (κ3) is 2.87. The molecule has 20 heavy (non-hydrogen) atoms. The van der Waals surface area contributed by atoms with Crippen LogP contribution < -0.4 is 0 Å². The molecule has 0 aromatic heterocycles. The molecule has 1 atom stereocenters. The lowest BCUT2D eigenvalue weighted by Crippen LogP contribution is -2.33. The molecule has 4 nitrogen and oxygen atoms in total.